The highest BCUT2D eigenvalue weighted by atomic mass is 19.1. The molecule has 1 rings (SSSR count). The molecule has 13 heavy (non-hydrogen) atoms. The van der Waals surface area contributed by atoms with Gasteiger partial charge in [0.1, 0.15) is 5.82 Å². The van der Waals surface area contributed by atoms with Gasteiger partial charge in [0.2, 0.25) is 0 Å². The van der Waals surface area contributed by atoms with Crippen LogP contribution in [0, 0.1) is 11.2 Å². The molecule has 4 heteroatoms. The topological polar surface area (TPSA) is 61.9 Å². The van der Waals surface area contributed by atoms with Crippen LogP contribution in [0.2, 0.25) is 0 Å². The van der Waals surface area contributed by atoms with E-state index in [0.29, 0.717) is 11.4 Å². The van der Waals surface area contributed by atoms with Crippen LogP contribution in [-0.2, 0) is 0 Å². The minimum atomic E-state index is -0.384. The van der Waals surface area contributed by atoms with Crippen molar-refractivity contribution in [3.05, 3.63) is 36.3 Å². The molecular formula is C9H10FN3. The lowest BCUT2D eigenvalue weighted by Gasteiger charge is -2.01. The second kappa shape index (κ2) is 4.25. The standard InChI is InChI=1S/C9H10FN3/c10-7-4-8(12)6-9(5-7)13-3-1-2-11/h1-6,11,13H,12H2/b3-1-,11-2?. The van der Waals surface area contributed by atoms with Crippen molar-refractivity contribution in [2.24, 2.45) is 0 Å². The maximum absolute atomic E-state index is 12.7. The Hall–Kier alpha value is -1.84. The summed E-state index contributed by atoms with van der Waals surface area (Å²) in [4.78, 5) is 0. The molecule has 0 saturated carbocycles. The molecule has 0 spiro atoms. The molecule has 0 fully saturated rings. The Morgan fingerprint density at radius 3 is 2.77 bits per heavy atom. The third kappa shape index (κ3) is 2.94. The van der Waals surface area contributed by atoms with E-state index in [1.165, 1.54) is 24.4 Å². The first kappa shape index (κ1) is 9.25. The van der Waals surface area contributed by atoms with E-state index in [0.717, 1.165) is 6.21 Å². The van der Waals surface area contributed by atoms with Gasteiger partial charge in [0, 0.05) is 23.8 Å². The molecule has 68 valence electrons. The van der Waals surface area contributed by atoms with E-state index in [2.05, 4.69) is 5.32 Å². The summed E-state index contributed by atoms with van der Waals surface area (Å²) in [5, 5.41) is 9.48. The number of anilines is 2. The lowest BCUT2D eigenvalue weighted by atomic mass is 10.3. The number of allylic oxidation sites excluding steroid dienone is 1. The largest absolute Gasteiger partial charge is 0.399 e. The van der Waals surface area contributed by atoms with Crippen LogP contribution in [-0.4, -0.2) is 6.21 Å². The molecular weight excluding hydrogens is 169 g/mol. The van der Waals surface area contributed by atoms with Crippen molar-refractivity contribution in [1.82, 2.24) is 0 Å². The smallest absolute Gasteiger partial charge is 0.127 e. The number of rotatable bonds is 3. The van der Waals surface area contributed by atoms with E-state index in [9.17, 15) is 4.39 Å². The molecule has 1 aromatic rings. The zero-order valence-electron chi connectivity index (χ0n) is 6.92. The first-order valence-corrected chi connectivity index (χ1v) is 3.70. The predicted octanol–water partition coefficient (Wildman–Crippen LogP) is 1.98. The van der Waals surface area contributed by atoms with Gasteiger partial charge in [-0.2, -0.15) is 0 Å². The molecule has 0 heterocycles. The van der Waals surface area contributed by atoms with Crippen molar-refractivity contribution in [1.29, 1.82) is 5.41 Å². The van der Waals surface area contributed by atoms with Gasteiger partial charge in [-0.1, -0.05) is 0 Å². The Morgan fingerprint density at radius 2 is 2.15 bits per heavy atom. The molecule has 0 aliphatic carbocycles. The third-order valence-corrected chi connectivity index (χ3v) is 1.36. The van der Waals surface area contributed by atoms with Crippen LogP contribution < -0.4 is 11.1 Å². The van der Waals surface area contributed by atoms with Gasteiger partial charge in [0.15, 0.2) is 0 Å². The highest BCUT2D eigenvalue weighted by molar-refractivity contribution is 5.68. The Kier molecular flexibility index (Phi) is 3.03. The summed E-state index contributed by atoms with van der Waals surface area (Å²) in [5.41, 5.74) is 6.35. The van der Waals surface area contributed by atoms with Crippen LogP contribution in [0.25, 0.3) is 0 Å². The Bertz CT molecular complexity index is 313. The highest BCUT2D eigenvalue weighted by Gasteiger charge is 1.95. The Balaban J connectivity index is 2.77. The molecule has 0 aromatic heterocycles. The number of benzene rings is 1. The van der Waals surface area contributed by atoms with Gasteiger partial charge in [-0.25, -0.2) is 4.39 Å². The van der Waals surface area contributed by atoms with Crippen LogP contribution >= 0.6 is 0 Å². The predicted molar refractivity (Wildman–Crippen MR) is 52.4 cm³/mol. The van der Waals surface area contributed by atoms with Crippen molar-refractivity contribution in [3.8, 4) is 0 Å². The van der Waals surface area contributed by atoms with Gasteiger partial charge in [-0.3, -0.25) is 0 Å². The van der Waals surface area contributed by atoms with E-state index in [4.69, 9.17) is 11.1 Å². The number of nitrogens with one attached hydrogen (secondary N) is 2. The molecule has 0 aliphatic heterocycles. The summed E-state index contributed by atoms with van der Waals surface area (Å²) in [6.45, 7) is 0. The summed E-state index contributed by atoms with van der Waals surface area (Å²) in [5.74, 6) is -0.384. The average Bonchev–Trinajstić information content (AvgIpc) is 2.03. The zero-order chi connectivity index (χ0) is 9.68. The van der Waals surface area contributed by atoms with Gasteiger partial charge in [-0.15, -0.1) is 0 Å². The molecule has 0 amide bonds. The van der Waals surface area contributed by atoms with Crippen LogP contribution in [0.3, 0.4) is 0 Å². The summed E-state index contributed by atoms with van der Waals surface area (Å²) >= 11 is 0. The van der Waals surface area contributed by atoms with E-state index < -0.39 is 0 Å². The summed E-state index contributed by atoms with van der Waals surface area (Å²) in [7, 11) is 0. The molecule has 0 radical (unpaired) electrons. The summed E-state index contributed by atoms with van der Waals surface area (Å²) in [6, 6.07) is 4.17. The van der Waals surface area contributed by atoms with Crippen molar-refractivity contribution in [2.75, 3.05) is 11.1 Å². The molecule has 4 N–H and O–H groups in total. The van der Waals surface area contributed by atoms with Crippen LogP contribution in [0.1, 0.15) is 0 Å². The Labute approximate surface area is 75.6 Å². The average molecular weight is 179 g/mol. The maximum atomic E-state index is 12.7. The third-order valence-electron chi connectivity index (χ3n) is 1.36. The van der Waals surface area contributed by atoms with E-state index in [1.807, 2.05) is 0 Å². The fourth-order valence-corrected chi connectivity index (χ4v) is 0.888. The molecule has 0 bridgehead atoms. The van der Waals surface area contributed by atoms with Crippen molar-refractivity contribution in [2.45, 2.75) is 0 Å². The van der Waals surface area contributed by atoms with Gasteiger partial charge in [0.25, 0.3) is 0 Å². The fourth-order valence-electron chi connectivity index (χ4n) is 0.888. The van der Waals surface area contributed by atoms with Gasteiger partial charge in [-0.05, 0) is 24.3 Å². The Morgan fingerprint density at radius 1 is 1.38 bits per heavy atom. The number of nitrogens with two attached hydrogens (primary N) is 1. The van der Waals surface area contributed by atoms with Gasteiger partial charge < -0.3 is 16.5 Å². The number of nitrogen functional groups attached to an aromatic ring is 1. The second-order valence-corrected chi connectivity index (χ2v) is 2.44. The lowest BCUT2D eigenvalue weighted by molar-refractivity contribution is 0.629. The first-order valence-electron chi connectivity index (χ1n) is 3.70. The summed E-state index contributed by atoms with van der Waals surface area (Å²) in [6.07, 6.45) is 4.14. The SMILES string of the molecule is N=C/C=C\Nc1cc(N)cc(F)c1. The van der Waals surface area contributed by atoms with Gasteiger partial charge >= 0.3 is 0 Å². The molecule has 1 aromatic carbocycles. The quantitative estimate of drug-likeness (QED) is 0.490. The van der Waals surface area contributed by atoms with Crippen LogP contribution in [0.5, 0.6) is 0 Å². The summed E-state index contributed by atoms with van der Waals surface area (Å²) < 4.78 is 12.7. The highest BCUT2D eigenvalue weighted by Crippen LogP contribution is 2.14. The maximum Gasteiger partial charge on any atom is 0.127 e. The molecule has 3 nitrogen and oxygen atoms in total. The fraction of sp³-hybridized carbons (Fsp3) is 0. The van der Waals surface area contributed by atoms with Gasteiger partial charge in [0.05, 0.1) is 0 Å². The van der Waals surface area contributed by atoms with Crippen LogP contribution in [0.15, 0.2) is 30.5 Å². The lowest BCUT2D eigenvalue weighted by Crippen LogP contribution is -1.92. The molecule has 0 unspecified atom stereocenters. The zero-order valence-corrected chi connectivity index (χ0v) is 6.92. The minimum Gasteiger partial charge on any atom is -0.399 e. The molecule has 0 aliphatic rings. The monoisotopic (exact) mass is 179 g/mol. The second-order valence-electron chi connectivity index (χ2n) is 2.44. The normalized spacial score (nSPS) is 10.2. The molecule has 0 saturated heterocycles. The van der Waals surface area contributed by atoms with E-state index in [-0.39, 0.29) is 5.82 Å². The number of halogens is 1. The van der Waals surface area contributed by atoms with Crippen molar-refractivity contribution >= 4 is 17.6 Å². The van der Waals surface area contributed by atoms with E-state index in [1.54, 1.807) is 6.07 Å². The minimum absolute atomic E-state index is 0.366. The van der Waals surface area contributed by atoms with Crippen molar-refractivity contribution in [3.63, 3.8) is 0 Å². The van der Waals surface area contributed by atoms with E-state index >= 15 is 0 Å². The number of hydrogen-bond acceptors (Lipinski definition) is 3. The van der Waals surface area contributed by atoms with Crippen molar-refractivity contribution < 1.29 is 4.39 Å². The molecule has 0 atom stereocenters. The number of hydrogen-bond donors (Lipinski definition) is 3. The first-order chi connectivity index (χ1) is 6.22. The van der Waals surface area contributed by atoms with Crippen LogP contribution in [0.4, 0.5) is 15.8 Å².